The number of nitrogens with one attached hydrogen (secondary N) is 1. The van der Waals surface area contributed by atoms with E-state index in [4.69, 9.17) is 9.47 Å². The number of fused-ring (bicyclic) bond motifs is 2. The van der Waals surface area contributed by atoms with Gasteiger partial charge in [0.25, 0.3) is 5.56 Å². The Balaban J connectivity index is 1.44. The molecule has 0 bridgehead atoms. The molecule has 0 saturated heterocycles. The van der Waals surface area contributed by atoms with Gasteiger partial charge in [0.05, 0.1) is 11.1 Å². The minimum Gasteiger partial charge on any atom is -0.454 e. The van der Waals surface area contributed by atoms with Crippen molar-refractivity contribution < 1.29 is 14.3 Å². The van der Waals surface area contributed by atoms with Crippen molar-refractivity contribution in [2.45, 2.75) is 26.9 Å². The van der Waals surface area contributed by atoms with Gasteiger partial charge in [0, 0.05) is 17.5 Å². The predicted molar refractivity (Wildman–Crippen MR) is 125 cm³/mol. The van der Waals surface area contributed by atoms with Gasteiger partial charge < -0.3 is 14.8 Å². The number of benzene rings is 3. The molecule has 1 aromatic heterocycles. The molecule has 1 aliphatic heterocycles. The third-order valence-electron chi connectivity index (χ3n) is 5.74. The Labute approximate surface area is 190 Å². The smallest absolute Gasteiger partial charge is 0.275 e. The first-order valence-electron chi connectivity index (χ1n) is 10.7. The Kier molecular flexibility index (Phi) is 5.30. The van der Waals surface area contributed by atoms with Crippen molar-refractivity contribution in [3.05, 3.63) is 87.7 Å². The number of nitrogens with zero attached hydrogens (tertiary/aromatic N) is 2. The zero-order valence-corrected chi connectivity index (χ0v) is 18.4. The lowest BCUT2D eigenvalue weighted by molar-refractivity contribution is -0.122. The molecule has 0 radical (unpaired) electrons. The van der Waals surface area contributed by atoms with Crippen molar-refractivity contribution in [3.8, 4) is 22.8 Å². The first kappa shape index (κ1) is 20.8. The molecule has 0 atom stereocenters. The first-order chi connectivity index (χ1) is 16.0. The zero-order chi connectivity index (χ0) is 22.9. The van der Waals surface area contributed by atoms with Crippen molar-refractivity contribution >= 4 is 16.7 Å². The maximum atomic E-state index is 13.1. The second kappa shape index (κ2) is 8.43. The van der Waals surface area contributed by atoms with Crippen molar-refractivity contribution in [3.63, 3.8) is 0 Å². The normalized spacial score (nSPS) is 12.2. The Morgan fingerprint density at radius 1 is 1.00 bits per heavy atom. The monoisotopic (exact) mass is 441 g/mol. The second-order valence-corrected chi connectivity index (χ2v) is 8.14. The van der Waals surface area contributed by atoms with E-state index in [1.165, 1.54) is 4.68 Å². The van der Waals surface area contributed by atoms with Crippen LogP contribution in [0.5, 0.6) is 11.5 Å². The fraction of sp³-hybridized carbons (Fsp3) is 0.192. The molecule has 166 valence electrons. The van der Waals surface area contributed by atoms with Crippen LogP contribution in [0.2, 0.25) is 0 Å². The molecule has 4 aromatic rings. The quantitative estimate of drug-likeness (QED) is 0.510. The van der Waals surface area contributed by atoms with E-state index in [0.29, 0.717) is 29.1 Å². The van der Waals surface area contributed by atoms with Gasteiger partial charge in [0.2, 0.25) is 12.7 Å². The first-order valence-corrected chi connectivity index (χ1v) is 10.7. The topological polar surface area (TPSA) is 82.5 Å². The summed E-state index contributed by atoms with van der Waals surface area (Å²) in [6.07, 6.45) is 0. The van der Waals surface area contributed by atoms with Crippen LogP contribution in [0.4, 0.5) is 0 Å². The van der Waals surface area contributed by atoms with Gasteiger partial charge in [-0.3, -0.25) is 9.59 Å². The largest absolute Gasteiger partial charge is 0.454 e. The maximum Gasteiger partial charge on any atom is 0.275 e. The molecule has 0 spiro atoms. The highest BCUT2D eigenvalue weighted by atomic mass is 16.7. The fourth-order valence-corrected chi connectivity index (χ4v) is 3.98. The van der Waals surface area contributed by atoms with Gasteiger partial charge in [-0.25, -0.2) is 4.68 Å². The third-order valence-corrected chi connectivity index (χ3v) is 5.74. The van der Waals surface area contributed by atoms with E-state index < -0.39 is 0 Å². The van der Waals surface area contributed by atoms with Crippen LogP contribution < -0.4 is 20.3 Å². The highest BCUT2D eigenvalue weighted by Crippen LogP contribution is 2.32. The molecular formula is C26H23N3O4. The lowest BCUT2D eigenvalue weighted by Gasteiger charge is -2.13. The number of rotatable bonds is 5. The van der Waals surface area contributed by atoms with E-state index in [1.54, 1.807) is 6.07 Å². The van der Waals surface area contributed by atoms with E-state index >= 15 is 0 Å². The molecule has 1 N–H and O–H groups in total. The molecule has 5 rings (SSSR count). The van der Waals surface area contributed by atoms with Crippen LogP contribution in [0.15, 0.2) is 65.5 Å². The Morgan fingerprint density at radius 2 is 1.79 bits per heavy atom. The highest BCUT2D eigenvalue weighted by molar-refractivity contribution is 5.94. The SMILES string of the molecule is Cc1ccc(C)c(-c2nn(CC(=O)NCc3ccc4c(c3)OCO4)c(=O)c3ccccc23)c1. The molecule has 3 aromatic carbocycles. The van der Waals surface area contributed by atoms with E-state index in [9.17, 15) is 9.59 Å². The van der Waals surface area contributed by atoms with Crippen LogP contribution in [0.3, 0.4) is 0 Å². The molecular weight excluding hydrogens is 418 g/mol. The summed E-state index contributed by atoms with van der Waals surface area (Å²) in [5.74, 6) is 1.05. The summed E-state index contributed by atoms with van der Waals surface area (Å²) in [5.41, 5.74) is 4.37. The second-order valence-electron chi connectivity index (χ2n) is 8.14. The van der Waals surface area contributed by atoms with Crippen LogP contribution in [0.1, 0.15) is 16.7 Å². The molecule has 33 heavy (non-hydrogen) atoms. The van der Waals surface area contributed by atoms with E-state index in [1.807, 2.05) is 62.4 Å². The zero-order valence-electron chi connectivity index (χ0n) is 18.4. The molecule has 0 fully saturated rings. The van der Waals surface area contributed by atoms with Crippen LogP contribution in [-0.4, -0.2) is 22.5 Å². The number of aromatic nitrogens is 2. The van der Waals surface area contributed by atoms with Gasteiger partial charge in [0.1, 0.15) is 6.54 Å². The van der Waals surface area contributed by atoms with Gasteiger partial charge in [-0.2, -0.15) is 5.10 Å². The number of hydrogen-bond acceptors (Lipinski definition) is 5. The highest BCUT2D eigenvalue weighted by Gasteiger charge is 2.17. The molecule has 2 heterocycles. The Morgan fingerprint density at radius 3 is 2.64 bits per heavy atom. The maximum absolute atomic E-state index is 13.1. The summed E-state index contributed by atoms with van der Waals surface area (Å²) < 4.78 is 11.9. The molecule has 0 unspecified atom stereocenters. The standard InChI is InChI=1S/C26H23N3O4/c1-16-7-8-17(2)21(11-16)25-19-5-3-4-6-20(19)26(31)29(28-25)14-24(30)27-13-18-9-10-22-23(12-18)33-15-32-22/h3-12H,13-15H2,1-2H3,(H,27,30). The fourth-order valence-electron chi connectivity index (χ4n) is 3.98. The Bertz CT molecular complexity index is 1440. The number of amides is 1. The van der Waals surface area contributed by atoms with Crippen LogP contribution >= 0.6 is 0 Å². The predicted octanol–water partition coefficient (Wildman–Crippen LogP) is 3.73. The average molecular weight is 441 g/mol. The average Bonchev–Trinajstić information content (AvgIpc) is 3.29. The molecule has 1 aliphatic rings. The number of carbonyl (C=O) groups is 1. The van der Waals surface area contributed by atoms with Crippen LogP contribution in [0, 0.1) is 13.8 Å². The minimum atomic E-state index is -0.301. The third kappa shape index (κ3) is 4.05. The number of aryl methyl sites for hydroxylation is 2. The van der Waals surface area contributed by atoms with Crippen molar-refractivity contribution in [2.24, 2.45) is 0 Å². The van der Waals surface area contributed by atoms with Gasteiger partial charge in [-0.15, -0.1) is 0 Å². The minimum absolute atomic E-state index is 0.175. The summed E-state index contributed by atoms with van der Waals surface area (Å²) in [6.45, 7) is 4.36. The van der Waals surface area contributed by atoms with E-state index in [2.05, 4.69) is 16.5 Å². The lowest BCUT2D eigenvalue weighted by Crippen LogP contribution is -2.33. The number of carbonyl (C=O) groups excluding carboxylic acids is 1. The van der Waals surface area contributed by atoms with Crippen molar-refractivity contribution in [1.29, 1.82) is 0 Å². The lowest BCUT2D eigenvalue weighted by atomic mass is 9.99. The summed E-state index contributed by atoms with van der Waals surface area (Å²) in [4.78, 5) is 25.8. The van der Waals surface area contributed by atoms with Crippen LogP contribution in [-0.2, 0) is 17.9 Å². The Hall–Kier alpha value is -4.13. The summed E-state index contributed by atoms with van der Waals surface area (Å²) in [5, 5.41) is 8.79. The molecule has 0 saturated carbocycles. The summed E-state index contributed by atoms with van der Waals surface area (Å²) in [6, 6.07) is 19.0. The van der Waals surface area contributed by atoms with E-state index in [-0.39, 0.29) is 24.8 Å². The summed E-state index contributed by atoms with van der Waals surface area (Å²) in [7, 11) is 0. The van der Waals surface area contributed by atoms with Crippen molar-refractivity contribution in [1.82, 2.24) is 15.1 Å². The van der Waals surface area contributed by atoms with Gasteiger partial charge in [-0.05, 0) is 49.2 Å². The van der Waals surface area contributed by atoms with Gasteiger partial charge >= 0.3 is 0 Å². The van der Waals surface area contributed by atoms with Gasteiger partial charge in [-0.1, -0.05) is 42.0 Å². The number of ether oxygens (including phenoxy) is 2. The van der Waals surface area contributed by atoms with Gasteiger partial charge in [0.15, 0.2) is 11.5 Å². The molecule has 1 amide bonds. The van der Waals surface area contributed by atoms with Crippen LogP contribution in [0.25, 0.3) is 22.0 Å². The number of hydrogen-bond donors (Lipinski definition) is 1. The molecule has 7 heteroatoms. The van der Waals surface area contributed by atoms with Crippen molar-refractivity contribution in [2.75, 3.05) is 6.79 Å². The van der Waals surface area contributed by atoms with E-state index in [0.717, 1.165) is 27.6 Å². The molecule has 7 nitrogen and oxygen atoms in total. The molecule has 0 aliphatic carbocycles. The summed E-state index contributed by atoms with van der Waals surface area (Å²) >= 11 is 0.